The van der Waals surface area contributed by atoms with Gasteiger partial charge in [-0.2, -0.15) is 5.10 Å². The number of carbonyl (C=O) groups excluding carboxylic acids is 1. The second kappa shape index (κ2) is 8.01. The summed E-state index contributed by atoms with van der Waals surface area (Å²) in [7, 11) is 0. The summed E-state index contributed by atoms with van der Waals surface area (Å²) in [5, 5.41) is 17.2. The van der Waals surface area contributed by atoms with Crippen molar-refractivity contribution >= 4 is 34.5 Å². The maximum absolute atomic E-state index is 13.2. The van der Waals surface area contributed by atoms with Crippen LogP contribution in [-0.4, -0.2) is 51.4 Å². The molecule has 1 unspecified atom stereocenters. The molecule has 3 aromatic rings. The second-order valence-corrected chi connectivity index (χ2v) is 8.71. The molecule has 1 amide bonds. The Balaban J connectivity index is 1.47. The zero-order valence-corrected chi connectivity index (χ0v) is 18.0. The first-order valence-electron chi connectivity index (χ1n) is 10.5. The molecule has 2 N–H and O–H groups in total. The van der Waals surface area contributed by atoms with E-state index in [0.717, 1.165) is 55.0 Å². The number of anilines is 2. The van der Waals surface area contributed by atoms with Gasteiger partial charge in [0, 0.05) is 43.9 Å². The maximum atomic E-state index is 13.2. The Labute approximate surface area is 184 Å². The minimum absolute atomic E-state index is 0.113. The van der Waals surface area contributed by atoms with Crippen LogP contribution in [-0.2, 0) is 6.42 Å². The number of aromatic nitrogens is 3. The Morgan fingerprint density at radius 3 is 2.90 bits per heavy atom. The Bertz CT molecular complexity index is 1140. The van der Waals surface area contributed by atoms with Crippen LogP contribution in [0.2, 0.25) is 5.02 Å². The number of hydrogen-bond acceptors (Lipinski definition) is 6. The predicted octanol–water partition coefficient (Wildman–Crippen LogP) is 3.17. The number of fused-ring (bicyclic) bond motifs is 2. The van der Waals surface area contributed by atoms with Crippen LogP contribution >= 0.6 is 11.6 Å². The summed E-state index contributed by atoms with van der Waals surface area (Å²) in [6.07, 6.45) is 7.36. The Kier molecular flexibility index (Phi) is 5.19. The number of halogens is 1. The van der Waals surface area contributed by atoms with Gasteiger partial charge in [-0.25, -0.2) is 9.50 Å². The van der Waals surface area contributed by atoms with Crippen LogP contribution in [0.1, 0.15) is 35.7 Å². The van der Waals surface area contributed by atoms with Gasteiger partial charge in [0.2, 0.25) is 0 Å². The summed E-state index contributed by atoms with van der Waals surface area (Å²) in [5.41, 5.74) is 3.60. The van der Waals surface area contributed by atoms with Crippen LogP contribution in [0.4, 0.5) is 11.4 Å². The van der Waals surface area contributed by atoms with Gasteiger partial charge in [0.15, 0.2) is 5.65 Å². The third kappa shape index (κ3) is 3.81. The van der Waals surface area contributed by atoms with Gasteiger partial charge in [-0.3, -0.25) is 4.79 Å². The summed E-state index contributed by atoms with van der Waals surface area (Å²) in [6, 6.07) is 4.04. The average molecular weight is 442 g/mol. The van der Waals surface area contributed by atoms with Crippen molar-refractivity contribution in [3.63, 3.8) is 0 Å². The minimum Gasteiger partial charge on any atom is -0.490 e. The monoisotopic (exact) mass is 441 g/mol. The number of nitrogens with zero attached hydrogens (tertiary/aromatic N) is 4. The van der Waals surface area contributed by atoms with Gasteiger partial charge in [-0.05, 0) is 31.7 Å². The van der Waals surface area contributed by atoms with Crippen LogP contribution in [0.15, 0.2) is 30.7 Å². The molecule has 0 radical (unpaired) electrons. The predicted molar refractivity (Wildman–Crippen MR) is 118 cm³/mol. The molecule has 0 aliphatic carbocycles. The molecule has 8 nitrogen and oxygen atoms in total. The van der Waals surface area contributed by atoms with E-state index in [0.29, 0.717) is 22.2 Å². The highest BCUT2D eigenvalue weighted by atomic mass is 35.5. The third-order valence-electron chi connectivity index (χ3n) is 6.05. The van der Waals surface area contributed by atoms with Crippen molar-refractivity contribution < 1.29 is 14.6 Å². The summed E-state index contributed by atoms with van der Waals surface area (Å²) < 4.78 is 7.46. The fourth-order valence-electron chi connectivity index (χ4n) is 4.37. The van der Waals surface area contributed by atoms with E-state index in [1.807, 2.05) is 19.1 Å². The number of rotatable bonds is 4. The molecule has 31 heavy (non-hydrogen) atoms. The number of piperidine rings is 1. The van der Waals surface area contributed by atoms with E-state index in [2.05, 4.69) is 20.3 Å². The molecule has 162 valence electrons. The molecule has 0 saturated carbocycles. The molecule has 2 aliphatic rings. The lowest BCUT2D eigenvalue weighted by Crippen LogP contribution is -2.35. The molecule has 9 heteroatoms. The van der Waals surface area contributed by atoms with Crippen molar-refractivity contribution in [2.24, 2.45) is 5.92 Å². The summed E-state index contributed by atoms with van der Waals surface area (Å²) in [4.78, 5) is 19.7. The SMILES string of the molecule is CC1Cc2cc(NC(=O)c3cnn4cc(Cl)cnc34)c(N3CCC(CO)CC3)cc2O1. The number of aliphatic hydroxyl groups is 1. The molecule has 2 aliphatic heterocycles. The highest BCUT2D eigenvalue weighted by Gasteiger charge is 2.27. The number of aliphatic hydroxyl groups excluding tert-OH is 1. The molecule has 4 heterocycles. The Morgan fingerprint density at radius 1 is 1.32 bits per heavy atom. The van der Waals surface area contributed by atoms with Crippen LogP contribution < -0.4 is 15.0 Å². The smallest absolute Gasteiger partial charge is 0.261 e. The van der Waals surface area contributed by atoms with E-state index in [4.69, 9.17) is 16.3 Å². The zero-order chi connectivity index (χ0) is 21.5. The lowest BCUT2D eigenvalue weighted by molar-refractivity contribution is 0.102. The summed E-state index contributed by atoms with van der Waals surface area (Å²) in [5.74, 6) is 0.928. The number of carbonyl (C=O) groups is 1. The second-order valence-electron chi connectivity index (χ2n) is 8.28. The van der Waals surface area contributed by atoms with Crippen molar-refractivity contribution in [1.29, 1.82) is 0 Å². The number of amides is 1. The lowest BCUT2D eigenvalue weighted by atomic mass is 9.97. The first-order valence-corrected chi connectivity index (χ1v) is 10.9. The molecular weight excluding hydrogens is 418 g/mol. The lowest BCUT2D eigenvalue weighted by Gasteiger charge is -2.34. The Hall–Kier alpha value is -2.84. The first-order chi connectivity index (χ1) is 15.0. The van der Waals surface area contributed by atoms with Gasteiger partial charge in [0.1, 0.15) is 17.4 Å². The summed E-state index contributed by atoms with van der Waals surface area (Å²) in [6.45, 7) is 3.90. The maximum Gasteiger partial charge on any atom is 0.261 e. The zero-order valence-electron chi connectivity index (χ0n) is 17.2. The standard InChI is InChI=1S/C22H24ClN5O3/c1-13-6-15-7-18(19(8-20(15)31-13)27-4-2-14(12-29)3-5-27)26-22(30)17-10-25-28-11-16(23)9-24-21(17)28/h7-11,13-14,29H,2-6,12H2,1H3,(H,26,30). The van der Waals surface area contributed by atoms with E-state index in [-0.39, 0.29) is 18.6 Å². The minimum atomic E-state index is -0.275. The number of ether oxygens (including phenoxy) is 1. The van der Waals surface area contributed by atoms with Crippen LogP contribution in [0.25, 0.3) is 5.65 Å². The normalized spacial score (nSPS) is 18.8. The van der Waals surface area contributed by atoms with E-state index < -0.39 is 0 Å². The Morgan fingerprint density at radius 2 is 2.13 bits per heavy atom. The molecule has 1 fully saturated rings. The van der Waals surface area contributed by atoms with E-state index in [1.165, 1.54) is 16.9 Å². The largest absolute Gasteiger partial charge is 0.490 e. The quantitative estimate of drug-likeness (QED) is 0.646. The van der Waals surface area contributed by atoms with Gasteiger partial charge in [0.05, 0.1) is 28.8 Å². The topological polar surface area (TPSA) is 92.0 Å². The number of nitrogens with one attached hydrogen (secondary N) is 1. The van der Waals surface area contributed by atoms with Gasteiger partial charge < -0.3 is 20.1 Å². The van der Waals surface area contributed by atoms with Crippen molar-refractivity contribution in [2.45, 2.75) is 32.3 Å². The molecule has 1 saturated heterocycles. The molecule has 1 aromatic carbocycles. The third-order valence-corrected chi connectivity index (χ3v) is 6.24. The van der Waals surface area contributed by atoms with E-state index in [9.17, 15) is 9.90 Å². The molecule has 0 bridgehead atoms. The fourth-order valence-corrected chi connectivity index (χ4v) is 4.51. The highest BCUT2D eigenvalue weighted by molar-refractivity contribution is 6.30. The molecule has 0 spiro atoms. The van der Waals surface area contributed by atoms with Gasteiger partial charge in [0.25, 0.3) is 5.91 Å². The van der Waals surface area contributed by atoms with E-state index in [1.54, 1.807) is 6.20 Å². The molecule has 5 rings (SSSR count). The van der Waals surface area contributed by atoms with Crippen LogP contribution in [0.5, 0.6) is 5.75 Å². The van der Waals surface area contributed by atoms with Crippen molar-refractivity contribution in [1.82, 2.24) is 14.6 Å². The van der Waals surface area contributed by atoms with Crippen molar-refractivity contribution in [3.05, 3.63) is 46.9 Å². The van der Waals surface area contributed by atoms with Crippen LogP contribution in [0.3, 0.4) is 0 Å². The van der Waals surface area contributed by atoms with Crippen LogP contribution in [0, 0.1) is 5.92 Å². The number of benzene rings is 1. The van der Waals surface area contributed by atoms with E-state index >= 15 is 0 Å². The number of hydrogen-bond donors (Lipinski definition) is 2. The molecule has 1 atom stereocenters. The summed E-state index contributed by atoms with van der Waals surface area (Å²) >= 11 is 5.97. The van der Waals surface area contributed by atoms with Gasteiger partial charge >= 0.3 is 0 Å². The first kappa shape index (κ1) is 20.1. The van der Waals surface area contributed by atoms with Crippen molar-refractivity contribution in [3.8, 4) is 5.75 Å². The fraction of sp³-hybridized carbons (Fsp3) is 0.409. The average Bonchev–Trinajstić information content (AvgIpc) is 3.34. The van der Waals surface area contributed by atoms with Gasteiger partial charge in [-0.15, -0.1) is 0 Å². The van der Waals surface area contributed by atoms with Crippen molar-refractivity contribution in [2.75, 3.05) is 29.9 Å². The highest BCUT2D eigenvalue weighted by Crippen LogP contribution is 2.40. The molecular formula is C22H24ClN5O3. The molecule has 2 aromatic heterocycles. The van der Waals surface area contributed by atoms with Gasteiger partial charge in [-0.1, -0.05) is 11.6 Å².